The molecule has 2 rings (SSSR count). The number of carbonyl (C=O) groups is 1. The van der Waals surface area contributed by atoms with Gasteiger partial charge in [0, 0.05) is 12.0 Å². The summed E-state index contributed by atoms with van der Waals surface area (Å²) >= 11 is 0. The van der Waals surface area contributed by atoms with E-state index in [-0.39, 0.29) is 11.7 Å². The Balaban J connectivity index is 2.61. The molecule has 2 nitrogen and oxygen atoms in total. The number of allylic oxidation sites excluding steroid dienone is 1. The molecule has 2 atom stereocenters. The highest BCUT2D eigenvalue weighted by Crippen LogP contribution is 2.37. The standard InChI is InChI=1S/C20H29NO/c1-7-18(22)15(5)19-13(3)12(2)14(4)20(16(19)6)17-10-8-9-11-21-17/h7,15,17,21H,1,8-11H2,2-6H3. The lowest BCUT2D eigenvalue weighted by Crippen LogP contribution is -2.29. The summed E-state index contributed by atoms with van der Waals surface area (Å²) in [6, 6.07) is 0.429. The highest BCUT2D eigenvalue weighted by molar-refractivity contribution is 5.95. The van der Waals surface area contributed by atoms with Crippen molar-refractivity contribution in [2.24, 2.45) is 0 Å². The van der Waals surface area contributed by atoms with Crippen molar-refractivity contribution in [2.75, 3.05) is 6.54 Å². The van der Waals surface area contributed by atoms with E-state index in [2.05, 4.69) is 39.6 Å². The summed E-state index contributed by atoms with van der Waals surface area (Å²) in [5, 5.41) is 3.67. The van der Waals surface area contributed by atoms with Crippen LogP contribution in [0.25, 0.3) is 0 Å². The van der Waals surface area contributed by atoms with Crippen molar-refractivity contribution in [3.63, 3.8) is 0 Å². The average molecular weight is 299 g/mol. The number of hydrogen-bond acceptors (Lipinski definition) is 2. The van der Waals surface area contributed by atoms with Gasteiger partial charge in [-0.15, -0.1) is 0 Å². The largest absolute Gasteiger partial charge is 0.310 e. The molecule has 1 saturated heterocycles. The molecule has 1 heterocycles. The molecule has 1 aromatic rings. The number of benzene rings is 1. The van der Waals surface area contributed by atoms with E-state index in [0.29, 0.717) is 6.04 Å². The number of hydrogen-bond donors (Lipinski definition) is 1. The van der Waals surface area contributed by atoms with Crippen LogP contribution in [0.1, 0.15) is 71.5 Å². The fraction of sp³-hybridized carbons (Fsp3) is 0.550. The number of nitrogens with one attached hydrogen (secondary N) is 1. The lowest BCUT2D eigenvalue weighted by atomic mass is 9.79. The van der Waals surface area contributed by atoms with E-state index in [1.54, 1.807) is 0 Å². The summed E-state index contributed by atoms with van der Waals surface area (Å²) in [6.07, 6.45) is 5.18. The van der Waals surface area contributed by atoms with Crippen LogP contribution >= 0.6 is 0 Å². The Morgan fingerprint density at radius 1 is 1.14 bits per heavy atom. The number of carbonyl (C=O) groups excluding carboxylic acids is 1. The van der Waals surface area contributed by atoms with Crippen LogP contribution in [0.5, 0.6) is 0 Å². The monoisotopic (exact) mass is 299 g/mol. The van der Waals surface area contributed by atoms with Gasteiger partial charge < -0.3 is 5.32 Å². The second-order valence-corrected chi connectivity index (χ2v) is 6.66. The predicted molar refractivity (Wildman–Crippen MR) is 93.6 cm³/mol. The molecule has 1 N–H and O–H groups in total. The Kier molecular flexibility index (Phi) is 5.23. The van der Waals surface area contributed by atoms with Crippen LogP contribution < -0.4 is 5.32 Å². The third kappa shape index (κ3) is 2.89. The summed E-state index contributed by atoms with van der Waals surface area (Å²) in [6.45, 7) is 15.5. The Morgan fingerprint density at radius 2 is 1.82 bits per heavy atom. The van der Waals surface area contributed by atoms with Gasteiger partial charge >= 0.3 is 0 Å². The first-order chi connectivity index (χ1) is 10.4. The van der Waals surface area contributed by atoms with Gasteiger partial charge in [0.2, 0.25) is 0 Å². The zero-order chi connectivity index (χ0) is 16.4. The SMILES string of the molecule is C=CC(=O)C(C)c1c(C)c(C)c(C)c(C2CCCCN2)c1C. The minimum atomic E-state index is -0.112. The molecule has 0 saturated carbocycles. The van der Waals surface area contributed by atoms with Crippen molar-refractivity contribution >= 4 is 5.78 Å². The van der Waals surface area contributed by atoms with Gasteiger partial charge in [-0.1, -0.05) is 19.9 Å². The third-order valence-corrected chi connectivity index (χ3v) is 5.46. The molecule has 0 amide bonds. The highest BCUT2D eigenvalue weighted by atomic mass is 16.1. The maximum Gasteiger partial charge on any atom is 0.162 e. The van der Waals surface area contributed by atoms with Crippen molar-refractivity contribution in [3.8, 4) is 0 Å². The van der Waals surface area contributed by atoms with Crippen LogP contribution in [0.15, 0.2) is 12.7 Å². The summed E-state index contributed by atoms with van der Waals surface area (Å²) in [4.78, 5) is 12.2. The molecule has 1 fully saturated rings. The van der Waals surface area contributed by atoms with Gasteiger partial charge in [0.05, 0.1) is 0 Å². The van der Waals surface area contributed by atoms with Gasteiger partial charge in [0.25, 0.3) is 0 Å². The summed E-state index contributed by atoms with van der Waals surface area (Å²) < 4.78 is 0. The topological polar surface area (TPSA) is 29.1 Å². The quantitative estimate of drug-likeness (QED) is 0.824. The van der Waals surface area contributed by atoms with E-state index in [1.807, 2.05) is 6.92 Å². The van der Waals surface area contributed by atoms with Crippen LogP contribution in [-0.4, -0.2) is 12.3 Å². The van der Waals surface area contributed by atoms with Gasteiger partial charge in [0.1, 0.15) is 0 Å². The molecular weight excluding hydrogens is 270 g/mol. The maximum absolute atomic E-state index is 12.2. The first-order valence-corrected chi connectivity index (χ1v) is 8.39. The zero-order valence-electron chi connectivity index (χ0n) is 14.7. The fourth-order valence-corrected chi connectivity index (χ4v) is 3.98. The lowest BCUT2D eigenvalue weighted by Gasteiger charge is -2.31. The second-order valence-electron chi connectivity index (χ2n) is 6.66. The third-order valence-electron chi connectivity index (χ3n) is 5.46. The second kappa shape index (κ2) is 6.78. The number of rotatable bonds is 4. The minimum Gasteiger partial charge on any atom is -0.310 e. The van der Waals surface area contributed by atoms with Crippen LogP contribution in [0.4, 0.5) is 0 Å². The first kappa shape index (κ1) is 17.0. The molecule has 22 heavy (non-hydrogen) atoms. The average Bonchev–Trinajstić information content (AvgIpc) is 2.53. The van der Waals surface area contributed by atoms with E-state index in [1.165, 1.54) is 58.7 Å². The molecule has 120 valence electrons. The van der Waals surface area contributed by atoms with Crippen LogP contribution in [0.3, 0.4) is 0 Å². The van der Waals surface area contributed by atoms with Crippen LogP contribution in [0.2, 0.25) is 0 Å². The molecule has 1 aliphatic heterocycles. The van der Waals surface area contributed by atoms with Crippen molar-refractivity contribution in [2.45, 2.75) is 65.8 Å². The van der Waals surface area contributed by atoms with E-state index in [4.69, 9.17) is 0 Å². The number of piperidine rings is 1. The van der Waals surface area contributed by atoms with Gasteiger partial charge in [-0.25, -0.2) is 0 Å². The van der Waals surface area contributed by atoms with Crippen molar-refractivity contribution in [3.05, 3.63) is 46.0 Å². The van der Waals surface area contributed by atoms with E-state index in [9.17, 15) is 4.79 Å². The predicted octanol–water partition coefficient (Wildman–Crippen LogP) is 4.59. The van der Waals surface area contributed by atoms with Crippen molar-refractivity contribution < 1.29 is 4.79 Å². The molecule has 2 unspecified atom stereocenters. The fourth-order valence-electron chi connectivity index (χ4n) is 3.98. The van der Waals surface area contributed by atoms with E-state index in [0.717, 1.165) is 6.54 Å². The number of ketones is 1. The van der Waals surface area contributed by atoms with Gasteiger partial charge in [0.15, 0.2) is 5.78 Å². The molecule has 0 bridgehead atoms. The molecule has 2 heteroatoms. The van der Waals surface area contributed by atoms with Gasteiger partial charge in [-0.2, -0.15) is 0 Å². The van der Waals surface area contributed by atoms with Crippen molar-refractivity contribution in [1.29, 1.82) is 0 Å². The van der Waals surface area contributed by atoms with Crippen LogP contribution in [0, 0.1) is 27.7 Å². The van der Waals surface area contributed by atoms with E-state index >= 15 is 0 Å². The Hall–Kier alpha value is -1.41. The van der Waals surface area contributed by atoms with Crippen molar-refractivity contribution in [1.82, 2.24) is 5.32 Å². The smallest absolute Gasteiger partial charge is 0.162 e. The zero-order valence-corrected chi connectivity index (χ0v) is 14.7. The molecule has 0 spiro atoms. The Bertz CT molecular complexity index is 594. The van der Waals surface area contributed by atoms with Gasteiger partial charge in [-0.05, 0) is 86.5 Å². The molecule has 0 aliphatic carbocycles. The molecular formula is C20H29NO. The minimum absolute atomic E-state index is 0.108. The summed E-state index contributed by atoms with van der Waals surface area (Å²) in [5.41, 5.74) is 7.89. The molecule has 1 aromatic carbocycles. The Morgan fingerprint density at radius 3 is 2.36 bits per heavy atom. The van der Waals surface area contributed by atoms with E-state index < -0.39 is 0 Å². The highest BCUT2D eigenvalue weighted by Gasteiger charge is 2.26. The normalized spacial score (nSPS) is 19.8. The molecule has 0 radical (unpaired) electrons. The maximum atomic E-state index is 12.2. The first-order valence-electron chi connectivity index (χ1n) is 8.39. The lowest BCUT2D eigenvalue weighted by molar-refractivity contribution is -0.115. The van der Waals surface area contributed by atoms with Crippen LogP contribution in [-0.2, 0) is 4.79 Å². The summed E-state index contributed by atoms with van der Waals surface area (Å²) in [7, 11) is 0. The summed E-state index contributed by atoms with van der Waals surface area (Å²) in [5.74, 6) is -0.00357. The Labute approximate surface area is 135 Å². The molecule has 0 aromatic heterocycles. The molecule has 1 aliphatic rings. The van der Waals surface area contributed by atoms with Gasteiger partial charge in [-0.3, -0.25) is 4.79 Å².